The van der Waals surface area contributed by atoms with Crippen molar-refractivity contribution in [2.45, 2.75) is 45.4 Å². The van der Waals surface area contributed by atoms with Crippen LogP contribution in [0.15, 0.2) is 66.7 Å². The van der Waals surface area contributed by atoms with Gasteiger partial charge in [0, 0.05) is 6.42 Å². The molecule has 0 saturated carbocycles. The van der Waals surface area contributed by atoms with Crippen LogP contribution in [-0.2, 0) is 0 Å². The minimum Gasteiger partial charge on any atom is -0.0654 e. The first-order chi connectivity index (χ1) is 12.9. The molecule has 0 saturated heterocycles. The number of benzene rings is 3. The molecule has 0 heterocycles. The van der Waals surface area contributed by atoms with Gasteiger partial charge >= 0.3 is 0 Å². The van der Waals surface area contributed by atoms with E-state index in [-0.39, 0.29) is 0 Å². The molecule has 0 nitrogen and oxygen atoms in total. The predicted molar refractivity (Wildman–Crippen MR) is 114 cm³/mol. The van der Waals surface area contributed by atoms with Gasteiger partial charge in [-0.25, -0.2) is 0 Å². The van der Waals surface area contributed by atoms with Crippen molar-refractivity contribution in [2.24, 2.45) is 0 Å². The van der Waals surface area contributed by atoms with Crippen LogP contribution >= 0.6 is 0 Å². The summed E-state index contributed by atoms with van der Waals surface area (Å²) in [6, 6.07) is 24.3. The van der Waals surface area contributed by atoms with Gasteiger partial charge in [0.1, 0.15) is 0 Å². The molecule has 0 heteroatoms. The van der Waals surface area contributed by atoms with E-state index in [0.29, 0.717) is 0 Å². The third-order valence-corrected chi connectivity index (χ3v) is 5.52. The van der Waals surface area contributed by atoms with Gasteiger partial charge in [-0.2, -0.15) is 0 Å². The van der Waals surface area contributed by atoms with Gasteiger partial charge in [-0.3, -0.25) is 0 Å². The molecule has 0 fully saturated rings. The van der Waals surface area contributed by atoms with E-state index < -0.39 is 0 Å². The van der Waals surface area contributed by atoms with Crippen molar-refractivity contribution in [1.82, 2.24) is 0 Å². The van der Waals surface area contributed by atoms with Crippen LogP contribution in [0.4, 0.5) is 0 Å². The average Bonchev–Trinajstić information content (AvgIpc) is 3.06. The Morgan fingerprint density at radius 1 is 0.654 bits per heavy atom. The molecule has 1 radical (unpaired) electrons. The van der Waals surface area contributed by atoms with Crippen molar-refractivity contribution in [3.8, 4) is 0 Å². The summed E-state index contributed by atoms with van der Waals surface area (Å²) >= 11 is 0. The maximum atomic E-state index is 2.40. The van der Waals surface area contributed by atoms with Crippen LogP contribution in [0.1, 0.15) is 62.1 Å². The summed E-state index contributed by atoms with van der Waals surface area (Å²) in [5, 5.41) is 2.68. The van der Waals surface area contributed by atoms with Gasteiger partial charge < -0.3 is 0 Å². The molecule has 0 aliphatic heterocycles. The van der Waals surface area contributed by atoms with Crippen LogP contribution < -0.4 is 0 Å². The molecule has 0 bridgehead atoms. The Hall–Kier alpha value is -2.34. The zero-order valence-electron chi connectivity index (χ0n) is 15.7. The number of unbranched alkanes of at least 4 members (excludes halogenated alkanes) is 4. The van der Waals surface area contributed by atoms with E-state index in [1.807, 2.05) is 0 Å². The van der Waals surface area contributed by atoms with Crippen molar-refractivity contribution in [2.75, 3.05) is 0 Å². The van der Waals surface area contributed by atoms with Gasteiger partial charge in [0.25, 0.3) is 0 Å². The zero-order chi connectivity index (χ0) is 17.8. The SMILES string of the molecule is CCCCCCCC1=C(c2cccc3ccccc23)[CH]c2ccccc21. The lowest BCUT2D eigenvalue weighted by atomic mass is 9.92. The molecule has 0 aromatic heterocycles. The fraction of sp³-hybridized carbons (Fsp3) is 0.269. The van der Waals surface area contributed by atoms with E-state index in [0.717, 1.165) is 0 Å². The molecular weight excluding hydrogens is 312 g/mol. The normalized spacial score (nSPS) is 13.4. The molecule has 1 aliphatic carbocycles. The summed E-state index contributed by atoms with van der Waals surface area (Å²) < 4.78 is 0. The summed E-state index contributed by atoms with van der Waals surface area (Å²) in [5.74, 6) is 0. The highest BCUT2D eigenvalue weighted by atomic mass is 14.3. The molecule has 0 N–H and O–H groups in total. The van der Waals surface area contributed by atoms with E-state index in [2.05, 4.69) is 80.1 Å². The quantitative estimate of drug-likeness (QED) is 0.387. The molecular formula is C26H27. The van der Waals surface area contributed by atoms with E-state index in [9.17, 15) is 0 Å². The second-order valence-electron chi connectivity index (χ2n) is 7.31. The Labute approximate surface area is 157 Å². The monoisotopic (exact) mass is 339 g/mol. The highest BCUT2D eigenvalue weighted by Gasteiger charge is 2.23. The van der Waals surface area contributed by atoms with Crippen LogP contribution in [0.2, 0.25) is 0 Å². The average molecular weight is 340 g/mol. The lowest BCUT2D eigenvalue weighted by Crippen LogP contribution is -1.89. The summed E-state index contributed by atoms with van der Waals surface area (Å²) in [6.07, 6.45) is 10.2. The standard InChI is InChI=1S/C26H27/c1-2-3-4-5-6-17-24-23-16-10-8-13-21(23)19-26(24)25-18-11-14-20-12-7-9-15-22(20)25/h7-16,18-19H,2-6,17H2,1H3. The molecule has 4 rings (SSSR count). The highest BCUT2D eigenvalue weighted by molar-refractivity contribution is 6.08. The first-order valence-electron chi connectivity index (χ1n) is 10.0. The number of fused-ring (bicyclic) bond motifs is 2. The largest absolute Gasteiger partial charge is 0.0654 e. The van der Waals surface area contributed by atoms with Crippen molar-refractivity contribution in [1.29, 1.82) is 0 Å². The second kappa shape index (κ2) is 7.91. The fourth-order valence-electron chi connectivity index (χ4n) is 4.16. The van der Waals surface area contributed by atoms with E-state index in [1.165, 1.54) is 77.1 Å². The summed E-state index contributed by atoms with van der Waals surface area (Å²) in [4.78, 5) is 0. The smallest absolute Gasteiger partial charge is 0.0214 e. The summed E-state index contributed by atoms with van der Waals surface area (Å²) in [7, 11) is 0. The molecule has 0 spiro atoms. The number of allylic oxidation sites excluding steroid dienone is 2. The van der Waals surface area contributed by atoms with Crippen LogP contribution in [0, 0.1) is 6.42 Å². The Balaban J connectivity index is 1.72. The Morgan fingerprint density at radius 2 is 1.38 bits per heavy atom. The van der Waals surface area contributed by atoms with Crippen LogP contribution in [0.3, 0.4) is 0 Å². The molecule has 3 aromatic carbocycles. The molecule has 1 aliphatic rings. The van der Waals surface area contributed by atoms with E-state index in [1.54, 1.807) is 0 Å². The van der Waals surface area contributed by atoms with Crippen LogP contribution in [-0.4, -0.2) is 0 Å². The first-order valence-corrected chi connectivity index (χ1v) is 10.0. The van der Waals surface area contributed by atoms with Crippen molar-refractivity contribution in [3.05, 3.63) is 89.8 Å². The van der Waals surface area contributed by atoms with Gasteiger partial charge in [-0.15, -0.1) is 0 Å². The lowest BCUT2D eigenvalue weighted by Gasteiger charge is -2.12. The second-order valence-corrected chi connectivity index (χ2v) is 7.31. The lowest BCUT2D eigenvalue weighted by molar-refractivity contribution is 0.641. The molecule has 26 heavy (non-hydrogen) atoms. The van der Waals surface area contributed by atoms with Gasteiger partial charge in [-0.1, -0.05) is 99.3 Å². The van der Waals surface area contributed by atoms with Crippen molar-refractivity contribution >= 4 is 21.9 Å². The maximum Gasteiger partial charge on any atom is 0.0214 e. The number of hydrogen-bond donors (Lipinski definition) is 0. The minimum absolute atomic E-state index is 1.18. The third kappa shape index (κ3) is 3.33. The summed E-state index contributed by atoms with van der Waals surface area (Å²) in [6.45, 7) is 2.28. The highest BCUT2D eigenvalue weighted by Crippen LogP contribution is 2.44. The van der Waals surface area contributed by atoms with Crippen molar-refractivity contribution in [3.63, 3.8) is 0 Å². The molecule has 0 unspecified atom stereocenters. The van der Waals surface area contributed by atoms with Crippen molar-refractivity contribution < 1.29 is 0 Å². The predicted octanol–water partition coefficient (Wildman–Crippen LogP) is 7.68. The topological polar surface area (TPSA) is 0 Å². The zero-order valence-corrected chi connectivity index (χ0v) is 15.7. The molecule has 131 valence electrons. The number of hydrogen-bond acceptors (Lipinski definition) is 0. The van der Waals surface area contributed by atoms with Gasteiger partial charge in [-0.05, 0) is 51.5 Å². The first kappa shape index (κ1) is 17.1. The van der Waals surface area contributed by atoms with Gasteiger partial charge in [0.2, 0.25) is 0 Å². The number of rotatable bonds is 7. The molecule has 3 aromatic rings. The Morgan fingerprint density at radius 3 is 2.31 bits per heavy atom. The molecule has 0 amide bonds. The van der Waals surface area contributed by atoms with Gasteiger partial charge in [0.05, 0.1) is 0 Å². The summed E-state index contributed by atoms with van der Waals surface area (Å²) in [5.41, 5.74) is 7.15. The maximum absolute atomic E-state index is 2.40. The van der Waals surface area contributed by atoms with Crippen LogP contribution in [0.25, 0.3) is 21.9 Å². The minimum atomic E-state index is 1.18. The van der Waals surface area contributed by atoms with Gasteiger partial charge in [0.15, 0.2) is 0 Å². The third-order valence-electron chi connectivity index (χ3n) is 5.52. The van der Waals surface area contributed by atoms with Crippen LogP contribution in [0.5, 0.6) is 0 Å². The fourth-order valence-corrected chi connectivity index (χ4v) is 4.16. The van der Waals surface area contributed by atoms with E-state index in [4.69, 9.17) is 0 Å². The molecule has 0 atom stereocenters. The Bertz CT molecular complexity index is 924. The van der Waals surface area contributed by atoms with E-state index >= 15 is 0 Å². The Kier molecular flexibility index (Phi) is 5.20.